The minimum absolute atomic E-state index is 0.0101. The highest BCUT2D eigenvalue weighted by Gasteiger charge is 2.36. The van der Waals surface area contributed by atoms with E-state index in [1.807, 2.05) is 7.05 Å². The van der Waals surface area contributed by atoms with Crippen molar-refractivity contribution in [3.63, 3.8) is 0 Å². The van der Waals surface area contributed by atoms with Gasteiger partial charge < -0.3 is 4.74 Å². The molecule has 0 spiro atoms. The van der Waals surface area contributed by atoms with E-state index in [2.05, 4.69) is 10.00 Å². The van der Waals surface area contributed by atoms with Gasteiger partial charge in [0.15, 0.2) is 0 Å². The summed E-state index contributed by atoms with van der Waals surface area (Å²) in [5, 5.41) is 4.14. The molecule has 5 heteroatoms. The Bertz CT molecular complexity index is 429. The van der Waals surface area contributed by atoms with Crippen molar-refractivity contribution >= 4 is 5.78 Å². The third-order valence-electron chi connectivity index (χ3n) is 3.65. The molecule has 0 saturated carbocycles. The van der Waals surface area contributed by atoms with Gasteiger partial charge in [0.05, 0.1) is 6.61 Å². The fourth-order valence-corrected chi connectivity index (χ4v) is 2.69. The predicted octanol–water partition coefficient (Wildman–Crippen LogP) is 0.466. The fourth-order valence-electron chi connectivity index (χ4n) is 2.69. The Kier molecular flexibility index (Phi) is 2.72. The number of hydrogen-bond donors (Lipinski definition) is 0. The van der Waals surface area contributed by atoms with Crippen LogP contribution in [0.4, 0.5) is 0 Å². The van der Waals surface area contributed by atoms with Crippen LogP contribution in [0, 0.1) is 0 Å². The standard InChI is InChI=1S/C12H17N3O2/c1-14-6-4-10(13-14)12(16)11-7-15-5-2-3-9(15)8-17-11/h4,6,9,11H,2-3,5,7-8H2,1H3. The normalized spacial score (nSPS) is 29.2. The minimum Gasteiger partial charge on any atom is -0.367 e. The van der Waals surface area contributed by atoms with E-state index in [4.69, 9.17) is 4.74 Å². The van der Waals surface area contributed by atoms with Gasteiger partial charge in [0.25, 0.3) is 0 Å². The first kappa shape index (κ1) is 10.9. The molecule has 0 bridgehead atoms. The zero-order valence-electron chi connectivity index (χ0n) is 10.0. The number of fused-ring (bicyclic) bond motifs is 1. The van der Waals surface area contributed by atoms with Gasteiger partial charge in [0.2, 0.25) is 5.78 Å². The molecule has 1 aromatic heterocycles. The van der Waals surface area contributed by atoms with Crippen LogP contribution in [0.25, 0.3) is 0 Å². The molecule has 3 heterocycles. The Balaban J connectivity index is 1.70. The van der Waals surface area contributed by atoms with E-state index >= 15 is 0 Å². The number of rotatable bonds is 2. The van der Waals surface area contributed by atoms with Gasteiger partial charge >= 0.3 is 0 Å². The summed E-state index contributed by atoms with van der Waals surface area (Å²) in [4.78, 5) is 14.5. The maximum atomic E-state index is 12.2. The average Bonchev–Trinajstić information content (AvgIpc) is 2.95. The van der Waals surface area contributed by atoms with Gasteiger partial charge in [-0.15, -0.1) is 0 Å². The Hall–Kier alpha value is -1.20. The first-order chi connectivity index (χ1) is 8.24. The summed E-state index contributed by atoms with van der Waals surface area (Å²) >= 11 is 0. The first-order valence-corrected chi connectivity index (χ1v) is 6.13. The molecule has 2 fully saturated rings. The second-order valence-electron chi connectivity index (χ2n) is 4.85. The SMILES string of the molecule is Cn1ccc(C(=O)C2CN3CCCC3CO2)n1. The van der Waals surface area contributed by atoms with Crippen LogP contribution in [-0.4, -0.2) is 52.3 Å². The second kappa shape index (κ2) is 4.23. The van der Waals surface area contributed by atoms with Gasteiger partial charge in [0.1, 0.15) is 11.8 Å². The number of Topliss-reactive ketones (excluding diaryl/α,β-unsaturated/α-hetero) is 1. The molecule has 0 N–H and O–H groups in total. The van der Waals surface area contributed by atoms with E-state index in [-0.39, 0.29) is 11.9 Å². The van der Waals surface area contributed by atoms with E-state index < -0.39 is 0 Å². The average molecular weight is 235 g/mol. The van der Waals surface area contributed by atoms with Crippen molar-refractivity contribution in [2.45, 2.75) is 25.0 Å². The number of carbonyl (C=O) groups excluding carboxylic acids is 1. The highest BCUT2D eigenvalue weighted by Crippen LogP contribution is 2.23. The molecule has 17 heavy (non-hydrogen) atoms. The summed E-state index contributed by atoms with van der Waals surface area (Å²) in [6.07, 6.45) is 3.87. The lowest BCUT2D eigenvalue weighted by atomic mass is 10.1. The van der Waals surface area contributed by atoms with Crippen LogP contribution in [0.1, 0.15) is 23.3 Å². The van der Waals surface area contributed by atoms with Crippen molar-refractivity contribution in [3.8, 4) is 0 Å². The van der Waals surface area contributed by atoms with Crippen LogP contribution in [0.2, 0.25) is 0 Å². The van der Waals surface area contributed by atoms with E-state index in [1.165, 1.54) is 12.8 Å². The molecule has 2 aliphatic heterocycles. The summed E-state index contributed by atoms with van der Waals surface area (Å²) in [6.45, 7) is 2.50. The van der Waals surface area contributed by atoms with Crippen LogP contribution < -0.4 is 0 Å². The highest BCUT2D eigenvalue weighted by atomic mass is 16.5. The summed E-state index contributed by atoms with van der Waals surface area (Å²) in [6, 6.07) is 2.28. The van der Waals surface area contributed by atoms with Crippen molar-refractivity contribution < 1.29 is 9.53 Å². The minimum atomic E-state index is -0.334. The molecule has 2 atom stereocenters. The molecule has 2 saturated heterocycles. The number of carbonyl (C=O) groups is 1. The Morgan fingerprint density at radius 1 is 1.59 bits per heavy atom. The fraction of sp³-hybridized carbons (Fsp3) is 0.667. The van der Waals surface area contributed by atoms with E-state index in [0.717, 1.165) is 13.1 Å². The van der Waals surface area contributed by atoms with E-state index in [1.54, 1.807) is 16.9 Å². The quantitative estimate of drug-likeness (QED) is 0.699. The molecule has 0 aromatic carbocycles. The number of hydrogen-bond acceptors (Lipinski definition) is 4. The van der Waals surface area contributed by atoms with Crippen LogP contribution in [0.5, 0.6) is 0 Å². The van der Waals surface area contributed by atoms with Gasteiger partial charge in [0, 0.05) is 25.8 Å². The Morgan fingerprint density at radius 3 is 3.24 bits per heavy atom. The summed E-state index contributed by atoms with van der Waals surface area (Å²) in [5.41, 5.74) is 0.509. The maximum absolute atomic E-state index is 12.2. The molecule has 2 aliphatic rings. The lowest BCUT2D eigenvalue weighted by Crippen LogP contribution is -2.49. The second-order valence-corrected chi connectivity index (χ2v) is 4.85. The maximum Gasteiger partial charge on any atom is 0.213 e. The van der Waals surface area contributed by atoms with Gasteiger partial charge in [-0.25, -0.2) is 0 Å². The summed E-state index contributed by atoms with van der Waals surface area (Å²) in [7, 11) is 1.81. The molecule has 92 valence electrons. The van der Waals surface area contributed by atoms with Gasteiger partial charge in [-0.1, -0.05) is 0 Å². The number of aromatic nitrogens is 2. The number of morpholine rings is 1. The van der Waals surface area contributed by atoms with E-state index in [0.29, 0.717) is 18.3 Å². The number of ether oxygens (including phenoxy) is 1. The Morgan fingerprint density at radius 2 is 2.47 bits per heavy atom. The molecular weight excluding hydrogens is 218 g/mol. The van der Waals surface area contributed by atoms with Crippen molar-refractivity contribution in [3.05, 3.63) is 18.0 Å². The predicted molar refractivity (Wildman–Crippen MR) is 61.9 cm³/mol. The van der Waals surface area contributed by atoms with Crippen LogP contribution in [-0.2, 0) is 11.8 Å². The third-order valence-corrected chi connectivity index (χ3v) is 3.65. The van der Waals surface area contributed by atoms with Crippen LogP contribution in [0.15, 0.2) is 12.3 Å². The smallest absolute Gasteiger partial charge is 0.213 e. The molecule has 1 aromatic rings. The van der Waals surface area contributed by atoms with Gasteiger partial charge in [-0.3, -0.25) is 14.4 Å². The summed E-state index contributed by atoms with van der Waals surface area (Å²) in [5.74, 6) is 0.0101. The van der Waals surface area contributed by atoms with Crippen molar-refractivity contribution in [1.29, 1.82) is 0 Å². The molecule has 5 nitrogen and oxygen atoms in total. The molecule has 3 rings (SSSR count). The van der Waals surface area contributed by atoms with Crippen LogP contribution in [0.3, 0.4) is 0 Å². The van der Waals surface area contributed by atoms with Gasteiger partial charge in [-0.2, -0.15) is 5.10 Å². The monoisotopic (exact) mass is 235 g/mol. The van der Waals surface area contributed by atoms with E-state index in [9.17, 15) is 4.79 Å². The number of nitrogens with zero attached hydrogens (tertiary/aromatic N) is 3. The zero-order valence-corrected chi connectivity index (χ0v) is 10.0. The number of aryl methyl sites for hydroxylation is 1. The largest absolute Gasteiger partial charge is 0.367 e. The number of ketones is 1. The van der Waals surface area contributed by atoms with Crippen molar-refractivity contribution in [1.82, 2.24) is 14.7 Å². The molecule has 2 unspecified atom stereocenters. The lowest BCUT2D eigenvalue weighted by Gasteiger charge is -2.34. The highest BCUT2D eigenvalue weighted by molar-refractivity contribution is 5.97. The zero-order chi connectivity index (χ0) is 11.8. The van der Waals surface area contributed by atoms with Gasteiger partial charge in [-0.05, 0) is 25.5 Å². The summed E-state index contributed by atoms with van der Waals surface area (Å²) < 4.78 is 7.32. The lowest BCUT2D eigenvalue weighted by molar-refractivity contribution is -0.0346. The molecule has 0 amide bonds. The third kappa shape index (κ3) is 2.00. The Labute approximate surface area is 100 Å². The van der Waals surface area contributed by atoms with Crippen molar-refractivity contribution in [2.24, 2.45) is 7.05 Å². The molecule has 0 radical (unpaired) electrons. The molecular formula is C12H17N3O2. The van der Waals surface area contributed by atoms with Crippen LogP contribution >= 0.6 is 0 Å². The molecule has 0 aliphatic carbocycles. The van der Waals surface area contributed by atoms with Crippen molar-refractivity contribution in [2.75, 3.05) is 19.7 Å². The topological polar surface area (TPSA) is 47.4 Å². The first-order valence-electron chi connectivity index (χ1n) is 6.13.